The Morgan fingerprint density at radius 2 is 2.18 bits per heavy atom. The lowest BCUT2D eigenvalue weighted by atomic mass is 9.90. The summed E-state index contributed by atoms with van der Waals surface area (Å²) in [6, 6.07) is 0. The van der Waals surface area contributed by atoms with Gasteiger partial charge in [0.2, 0.25) is 0 Å². The highest BCUT2D eigenvalue weighted by atomic mass is 19.1. The highest BCUT2D eigenvalue weighted by molar-refractivity contribution is 4.76. The van der Waals surface area contributed by atoms with E-state index in [0.717, 1.165) is 19.4 Å². The van der Waals surface area contributed by atoms with E-state index >= 15 is 0 Å². The Morgan fingerprint density at radius 3 is 2.73 bits per heavy atom. The van der Waals surface area contributed by atoms with E-state index in [1.165, 1.54) is 0 Å². The Balaban J connectivity index is 2.23. The van der Waals surface area contributed by atoms with Crippen LogP contribution in [0.15, 0.2) is 0 Å². The van der Waals surface area contributed by atoms with Gasteiger partial charge in [-0.25, -0.2) is 4.39 Å². The molecule has 2 unspecified atom stereocenters. The molecule has 1 aliphatic heterocycles. The van der Waals surface area contributed by atoms with E-state index in [9.17, 15) is 4.39 Å². The topological polar surface area (TPSA) is 12.0 Å². The Morgan fingerprint density at radius 1 is 1.45 bits per heavy atom. The van der Waals surface area contributed by atoms with E-state index in [1.54, 1.807) is 0 Å². The Kier molecular flexibility index (Phi) is 3.31. The smallest absolute Gasteiger partial charge is 0.113 e. The van der Waals surface area contributed by atoms with Gasteiger partial charge in [-0.3, -0.25) is 0 Å². The number of hydrogen-bond acceptors (Lipinski definition) is 1. The van der Waals surface area contributed by atoms with Gasteiger partial charge in [-0.2, -0.15) is 0 Å². The second-order valence-corrected chi connectivity index (χ2v) is 3.99. The van der Waals surface area contributed by atoms with Crippen molar-refractivity contribution < 1.29 is 4.39 Å². The van der Waals surface area contributed by atoms with Gasteiger partial charge in [0, 0.05) is 6.54 Å². The molecule has 0 bridgehead atoms. The van der Waals surface area contributed by atoms with Crippen molar-refractivity contribution in [1.29, 1.82) is 0 Å². The van der Waals surface area contributed by atoms with Crippen LogP contribution in [0.4, 0.5) is 4.39 Å². The van der Waals surface area contributed by atoms with Crippen molar-refractivity contribution in [2.75, 3.05) is 13.1 Å². The fourth-order valence-electron chi connectivity index (χ4n) is 1.82. The molecule has 0 amide bonds. The van der Waals surface area contributed by atoms with Gasteiger partial charge in [0.25, 0.3) is 0 Å². The van der Waals surface area contributed by atoms with E-state index in [0.29, 0.717) is 18.4 Å². The van der Waals surface area contributed by atoms with Crippen molar-refractivity contribution >= 4 is 0 Å². The molecule has 1 rings (SSSR count). The van der Waals surface area contributed by atoms with Crippen LogP contribution in [0.3, 0.4) is 0 Å². The molecule has 0 saturated carbocycles. The predicted molar refractivity (Wildman–Crippen MR) is 45.3 cm³/mol. The van der Waals surface area contributed by atoms with Crippen molar-refractivity contribution in [2.45, 2.75) is 32.9 Å². The maximum absolute atomic E-state index is 12.8. The van der Waals surface area contributed by atoms with E-state index in [1.807, 2.05) is 0 Å². The molecule has 2 atom stereocenters. The van der Waals surface area contributed by atoms with Crippen molar-refractivity contribution in [1.82, 2.24) is 5.32 Å². The predicted octanol–water partition coefficient (Wildman–Crippen LogP) is 1.98. The van der Waals surface area contributed by atoms with Gasteiger partial charge in [0.05, 0.1) is 0 Å². The van der Waals surface area contributed by atoms with Crippen LogP contribution < -0.4 is 5.32 Å². The second kappa shape index (κ2) is 4.05. The molecule has 0 aliphatic carbocycles. The van der Waals surface area contributed by atoms with Gasteiger partial charge in [0.15, 0.2) is 0 Å². The van der Waals surface area contributed by atoms with Gasteiger partial charge >= 0.3 is 0 Å². The van der Waals surface area contributed by atoms with E-state index in [-0.39, 0.29) is 0 Å². The maximum atomic E-state index is 12.8. The minimum Gasteiger partial charge on any atom is -0.314 e. The number of rotatable bonds is 2. The number of piperidine rings is 1. The van der Waals surface area contributed by atoms with Gasteiger partial charge in [-0.05, 0) is 31.2 Å². The Hall–Kier alpha value is -0.110. The summed E-state index contributed by atoms with van der Waals surface area (Å²) < 4.78 is 12.8. The third-order valence-corrected chi connectivity index (χ3v) is 2.19. The first-order valence-electron chi connectivity index (χ1n) is 4.53. The molecule has 0 aromatic carbocycles. The summed E-state index contributed by atoms with van der Waals surface area (Å²) in [5.74, 6) is 1.27. The molecule has 1 aliphatic rings. The van der Waals surface area contributed by atoms with Crippen LogP contribution in [0.2, 0.25) is 0 Å². The summed E-state index contributed by atoms with van der Waals surface area (Å²) in [5.41, 5.74) is 0. The maximum Gasteiger partial charge on any atom is 0.113 e. The largest absolute Gasteiger partial charge is 0.314 e. The number of alkyl halides is 1. The van der Waals surface area contributed by atoms with Crippen LogP contribution in [-0.2, 0) is 0 Å². The Bertz CT molecular complexity index is 112. The summed E-state index contributed by atoms with van der Waals surface area (Å²) in [4.78, 5) is 0. The van der Waals surface area contributed by atoms with Gasteiger partial charge in [-0.15, -0.1) is 0 Å². The molecule has 11 heavy (non-hydrogen) atoms. The van der Waals surface area contributed by atoms with Crippen molar-refractivity contribution in [3.05, 3.63) is 0 Å². The minimum atomic E-state index is -0.604. The molecule has 66 valence electrons. The third-order valence-electron chi connectivity index (χ3n) is 2.19. The van der Waals surface area contributed by atoms with E-state index in [4.69, 9.17) is 0 Å². The van der Waals surface area contributed by atoms with Gasteiger partial charge in [-0.1, -0.05) is 13.8 Å². The molecule has 2 heteroatoms. The number of halogens is 1. The zero-order valence-electron chi connectivity index (χ0n) is 7.44. The van der Waals surface area contributed by atoms with Crippen molar-refractivity contribution in [3.8, 4) is 0 Å². The summed E-state index contributed by atoms with van der Waals surface area (Å²) >= 11 is 0. The number of nitrogens with one attached hydrogen (secondary N) is 1. The first-order chi connectivity index (χ1) is 5.18. The molecule has 1 nitrogen and oxygen atoms in total. The monoisotopic (exact) mass is 159 g/mol. The Labute approximate surface area is 68.4 Å². The van der Waals surface area contributed by atoms with Crippen molar-refractivity contribution in [2.24, 2.45) is 11.8 Å². The lowest BCUT2D eigenvalue weighted by Crippen LogP contribution is -2.37. The SMILES string of the molecule is CC(C)CC1CNCC(F)C1. The van der Waals surface area contributed by atoms with Crippen LogP contribution in [-0.4, -0.2) is 19.3 Å². The summed E-state index contributed by atoms with van der Waals surface area (Å²) in [6.45, 7) is 5.97. The third kappa shape index (κ3) is 3.19. The summed E-state index contributed by atoms with van der Waals surface area (Å²) in [6.07, 6.45) is 1.32. The molecule has 1 saturated heterocycles. The summed E-state index contributed by atoms with van der Waals surface area (Å²) in [5, 5.41) is 3.11. The van der Waals surface area contributed by atoms with Crippen LogP contribution in [0, 0.1) is 11.8 Å². The quantitative estimate of drug-likeness (QED) is 0.649. The van der Waals surface area contributed by atoms with E-state index in [2.05, 4.69) is 19.2 Å². The zero-order chi connectivity index (χ0) is 8.27. The highest BCUT2D eigenvalue weighted by Gasteiger charge is 2.21. The molecule has 0 aromatic rings. The zero-order valence-corrected chi connectivity index (χ0v) is 7.44. The van der Waals surface area contributed by atoms with Crippen LogP contribution >= 0.6 is 0 Å². The molecule has 0 radical (unpaired) electrons. The van der Waals surface area contributed by atoms with Crippen LogP contribution in [0.25, 0.3) is 0 Å². The second-order valence-electron chi connectivity index (χ2n) is 3.99. The van der Waals surface area contributed by atoms with Crippen molar-refractivity contribution in [3.63, 3.8) is 0 Å². The lowest BCUT2D eigenvalue weighted by molar-refractivity contribution is 0.198. The standard InChI is InChI=1S/C9H18FN/c1-7(2)3-8-4-9(10)6-11-5-8/h7-9,11H,3-6H2,1-2H3. The molecule has 1 fully saturated rings. The first-order valence-corrected chi connectivity index (χ1v) is 4.53. The lowest BCUT2D eigenvalue weighted by Gasteiger charge is -2.26. The molecular weight excluding hydrogens is 141 g/mol. The highest BCUT2D eigenvalue weighted by Crippen LogP contribution is 2.20. The van der Waals surface area contributed by atoms with Gasteiger partial charge < -0.3 is 5.32 Å². The first kappa shape index (κ1) is 8.98. The van der Waals surface area contributed by atoms with Gasteiger partial charge in [0.1, 0.15) is 6.17 Å². The average Bonchev–Trinajstić information content (AvgIpc) is 1.85. The molecule has 0 aromatic heterocycles. The molecule has 1 N–H and O–H groups in total. The molecule has 0 spiro atoms. The average molecular weight is 159 g/mol. The minimum absolute atomic E-state index is 0.564. The fraction of sp³-hybridized carbons (Fsp3) is 1.00. The summed E-state index contributed by atoms with van der Waals surface area (Å²) in [7, 11) is 0. The van der Waals surface area contributed by atoms with Crippen LogP contribution in [0.1, 0.15) is 26.7 Å². The van der Waals surface area contributed by atoms with Crippen LogP contribution in [0.5, 0.6) is 0 Å². The normalized spacial score (nSPS) is 32.7. The molecular formula is C9H18FN. The fourth-order valence-corrected chi connectivity index (χ4v) is 1.82. The van der Waals surface area contributed by atoms with E-state index < -0.39 is 6.17 Å². The molecule has 1 heterocycles. The number of hydrogen-bond donors (Lipinski definition) is 1.